The average molecular weight is 213 g/mol. The minimum absolute atomic E-state index is 0.144. The fourth-order valence-corrected chi connectivity index (χ4v) is 2.35. The van der Waals surface area contributed by atoms with Crippen LogP contribution in [0.1, 0.15) is 29.3 Å². The molecule has 3 N–H and O–H groups in total. The van der Waals surface area contributed by atoms with E-state index in [1.54, 1.807) is 0 Å². The zero-order valence-electron chi connectivity index (χ0n) is 9.33. The van der Waals surface area contributed by atoms with Crippen LogP contribution in [0.4, 0.5) is 0 Å². The summed E-state index contributed by atoms with van der Waals surface area (Å²) < 4.78 is 0. The smallest absolute Gasteiger partial charge is 0.0971 e. The number of rotatable bonds is 1. The molecule has 0 saturated heterocycles. The van der Waals surface area contributed by atoms with E-state index in [4.69, 9.17) is 5.73 Å². The molecule has 0 amide bonds. The van der Waals surface area contributed by atoms with Crippen LogP contribution in [0.25, 0.3) is 11.3 Å². The second-order valence-electron chi connectivity index (χ2n) is 4.48. The molecule has 0 aliphatic heterocycles. The molecule has 0 fully saturated rings. The summed E-state index contributed by atoms with van der Waals surface area (Å²) in [6, 6.07) is 8.58. The van der Waals surface area contributed by atoms with Gasteiger partial charge in [-0.25, -0.2) is 0 Å². The Hall–Kier alpha value is -1.61. The minimum Gasteiger partial charge on any atom is -0.324 e. The van der Waals surface area contributed by atoms with Crippen LogP contribution in [0.2, 0.25) is 0 Å². The minimum atomic E-state index is 0.144. The Morgan fingerprint density at radius 1 is 1.31 bits per heavy atom. The predicted molar refractivity (Wildman–Crippen MR) is 64.0 cm³/mol. The Morgan fingerprint density at radius 2 is 2.06 bits per heavy atom. The van der Waals surface area contributed by atoms with Gasteiger partial charge in [-0.05, 0) is 19.8 Å². The molecule has 1 unspecified atom stereocenters. The van der Waals surface area contributed by atoms with Gasteiger partial charge in [0.15, 0.2) is 0 Å². The SMILES string of the molecule is Cc1ccc(-c2n[nH]c3c2C(N)CC3)cc1. The number of nitrogens with zero attached hydrogens (tertiary/aromatic N) is 1. The number of benzene rings is 1. The molecule has 82 valence electrons. The Labute approximate surface area is 94.7 Å². The van der Waals surface area contributed by atoms with Crippen LogP contribution in [-0.2, 0) is 6.42 Å². The number of aromatic nitrogens is 2. The highest BCUT2D eigenvalue weighted by Crippen LogP contribution is 2.35. The Kier molecular flexibility index (Phi) is 2.07. The lowest BCUT2D eigenvalue weighted by molar-refractivity contribution is 0.705. The third-order valence-electron chi connectivity index (χ3n) is 3.28. The monoisotopic (exact) mass is 213 g/mol. The zero-order chi connectivity index (χ0) is 11.1. The highest BCUT2D eigenvalue weighted by atomic mass is 15.1. The van der Waals surface area contributed by atoms with Crippen molar-refractivity contribution in [1.29, 1.82) is 0 Å². The first-order chi connectivity index (χ1) is 7.75. The summed E-state index contributed by atoms with van der Waals surface area (Å²) in [5.74, 6) is 0. The number of aryl methyl sites for hydroxylation is 2. The molecule has 1 aliphatic rings. The summed E-state index contributed by atoms with van der Waals surface area (Å²) in [6.07, 6.45) is 2.05. The van der Waals surface area contributed by atoms with Crippen molar-refractivity contribution in [3.05, 3.63) is 41.1 Å². The highest BCUT2D eigenvalue weighted by Gasteiger charge is 2.25. The van der Waals surface area contributed by atoms with E-state index in [0.717, 1.165) is 24.1 Å². The van der Waals surface area contributed by atoms with E-state index in [2.05, 4.69) is 41.4 Å². The second-order valence-corrected chi connectivity index (χ2v) is 4.48. The highest BCUT2D eigenvalue weighted by molar-refractivity contribution is 5.65. The molecule has 1 aromatic carbocycles. The molecule has 2 aromatic rings. The Bertz CT molecular complexity index is 510. The van der Waals surface area contributed by atoms with Crippen molar-refractivity contribution in [3.63, 3.8) is 0 Å². The van der Waals surface area contributed by atoms with Crippen LogP contribution in [0.3, 0.4) is 0 Å². The molecule has 0 saturated carbocycles. The van der Waals surface area contributed by atoms with Crippen LogP contribution < -0.4 is 5.73 Å². The normalized spacial score (nSPS) is 18.8. The molecule has 16 heavy (non-hydrogen) atoms. The summed E-state index contributed by atoms with van der Waals surface area (Å²) in [7, 11) is 0. The summed E-state index contributed by atoms with van der Waals surface area (Å²) in [6.45, 7) is 2.09. The number of hydrogen-bond donors (Lipinski definition) is 2. The van der Waals surface area contributed by atoms with Crippen molar-refractivity contribution in [1.82, 2.24) is 10.2 Å². The first-order valence-electron chi connectivity index (χ1n) is 5.65. The number of H-pyrrole nitrogens is 1. The van der Waals surface area contributed by atoms with Crippen molar-refractivity contribution in [2.75, 3.05) is 0 Å². The van der Waals surface area contributed by atoms with Crippen molar-refractivity contribution in [3.8, 4) is 11.3 Å². The third kappa shape index (κ3) is 1.36. The number of aromatic amines is 1. The lowest BCUT2D eigenvalue weighted by atomic mass is 10.0. The summed E-state index contributed by atoms with van der Waals surface area (Å²) in [5, 5.41) is 7.48. The van der Waals surface area contributed by atoms with E-state index in [1.165, 1.54) is 16.8 Å². The second kappa shape index (κ2) is 3.46. The van der Waals surface area contributed by atoms with Gasteiger partial charge in [0.2, 0.25) is 0 Å². The van der Waals surface area contributed by atoms with Crippen molar-refractivity contribution in [2.45, 2.75) is 25.8 Å². The lowest BCUT2D eigenvalue weighted by Crippen LogP contribution is -2.06. The zero-order valence-corrected chi connectivity index (χ0v) is 9.33. The Morgan fingerprint density at radius 3 is 2.81 bits per heavy atom. The summed E-state index contributed by atoms with van der Waals surface area (Å²) >= 11 is 0. The maximum absolute atomic E-state index is 6.10. The molecule has 0 radical (unpaired) electrons. The molecule has 1 aliphatic carbocycles. The predicted octanol–water partition coefficient (Wildman–Crippen LogP) is 2.33. The van der Waals surface area contributed by atoms with Gasteiger partial charge in [-0.1, -0.05) is 29.8 Å². The molecular weight excluding hydrogens is 198 g/mol. The van der Waals surface area contributed by atoms with Gasteiger partial charge in [-0.15, -0.1) is 0 Å². The quantitative estimate of drug-likeness (QED) is 0.763. The van der Waals surface area contributed by atoms with Crippen molar-refractivity contribution in [2.24, 2.45) is 5.73 Å². The van der Waals surface area contributed by atoms with Gasteiger partial charge in [0.1, 0.15) is 0 Å². The van der Waals surface area contributed by atoms with E-state index >= 15 is 0 Å². The van der Waals surface area contributed by atoms with E-state index in [1.807, 2.05) is 0 Å². The number of nitrogens with two attached hydrogens (primary N) is 1. The fourth-order valence-electron chi connectivity index (χ4n) is 2.35. The van der Waals surface area contributed by atoms with Crippen LogP contribution in [0.15, 0.2) is 24.3 Å². The van der Waals surface area contributed by atoms with E-state index in [9.17, 15) is 0 Å². The van der Waals surface area contributed by atoms with Crippen LogP contribution in [0.5, 0.6) is 0 Å². The molecule has 1 heterocycles. The third-order valence-corrected chi connectivity index (χ3v) is 3.28. The summed E-state index contributed by atoms with van der Waals surface area (Å²) in [5.41, 5.74) is 12.0. The van der Waals surface area contributed by atoms with E-state index in [0.29, 0.717) is 0 Å². The summed E-state index contributed by atoms with van der Waals surface area (Å²) in [4.78, 5) is 0. The molecule has 1 atom stereocenters. The van der Waals surface area contributed by atoms with Gasteiger partial charge in [0.25, 0.3) is 0 Å². The van der Waals surface area contributed by atoms with Gasteiger partial charge in [0, 0.05) is 22.9 Å². The van der Waals surface area contributed by atoms with Crippen LogP contribution in [0, 0.1) is 6.92 Å². The van der Waals surface area contributed by atoms with Gasteiger partial charge in [-0.2, -0.15) is 5.10 Å². The molecular formula is C13H15N3. The topological polar surface area (TPSA) is 54.7 Å². The number of nitrogens with one attached hydrogen (secondary N) is 1. The molecule has 0 bridgehead atoms. The van der Waals surface area contributed by atoms with Crippen LogP contribution >= 0.6 is 0 Å². The van der Waals surface area contributed by atoms with E-state index < -0.39 is 0 Å². The number of hydrogen-bond acceptors (Lipinski definition) is 2. The molecule has 3 nitrogen and oxygen atoms in total. The van der Waals surface area contributed by atoms with Crippen molar-refractivity contribution >= 4 is 0 Å². The van der Waals surface area contributed by atoms with Gasteiger partial charge in [0.05, 0.1) is 5.69 Å². The largest absolute Gasteiger partial charge is 0.324 e. The molecule has 1 aromatic heterocycles. The fraction of sp³-hybridized carbons (Fsp3) is 0.308. The Balaban J connectivity index is 2.11. The first kappa shape index (κ1) is 9.60. The first-order valence-corrected chi connectivity index (χ1v) is 5.65. The molecule has 3 rings (SSSR count). The van der Waals surface area contributed by atoms with Gasteiger partial charge in [-0.3, -0.25) is 5.10 Å². The van der Waals surface area contributed by atoms with Gasteiger partial charge >= 0.3 is 0 Å². The van der Waals surface area contributed by atoms with E-state index in [-0.39, 0.29) is 6.04 Å². The van der Waals surface area contributed by atoms with Gasteiger partial charge < -0.3 is 5.73 Å². The molecule has 3 heteroatoms. The number of fused-ring (bicyclic) bond motifs is 1. The van der Waals surface area contributed by atoms with Crippen LogP contribution in [-0.4, -0.2) is 10.2 Å². The average Bonchev–Trinajstić information content (AvgIpc) is 2.84. The standard InChI is InChI=1S/C13H15N3/c1-8-2-4-9(5-3-8)13-12-10(14)6-7-11(12)15-16-13/h2-5,10H,6-7,14H2,1H3,(H,15,16). The lowest BCUT2D eigenvalue weighted by Gasteiger charge is -2.05. The maximum atomic E-state index is 6.10. The van der Waals surface area contributed by atoms with Crippen molar-refractivity contribution < 1.29 is 0 Å². The maximum Gasteiger partial charge on any atom is 0.0971 e. The molecule has 0 spiro atoms.